The molecular weight excluding hydrogens is 416 g/mol. The van der Waals surface area contributed by atoms with Crippen molar-refractivity contribution in [3.63, 3.8) is 0 Å². The fourth-order valence-electron chi connectivity index (χ4n) is 4.40. The minimum absolute atomic E-state index is 0.0594. The summed E-state index contributed by atoms with van der Waals surface area (Å²) in [5, 5.41) is 6.08. The smallest absolute Gasteiger partial charge is 0.271 e. The summed E-state index contributed by atoms with van der Waals surface area (Å²) < 4.78 is 0. The maximum Gasteiger partial charge on any atom is 0.271 e. The molecule has 2 aromatic rings. The number of aromatic nitrogens is 2. The highest BCUT2D eigenvalue weighted by Gasteiger charge is 2.32. The van der Waals surface area contributed by atoms with Gasteiger partial charge in [-0.2, -0.15) is 0 Å². The number of anilines is 2. The van der Waals surface area contributed by atoms with E-state index in [4.69, 9.17) is 0 Å². The Kier molecular flexibility index (Phi) is 7.44. The number of rotatable bonds is 9. The molecule has 8 nitrogen and oxygen atoms in total. The van der Waals surface area contributed by atoms with Crippen LogP contribution in [0.1, 0.15) is 25.7 Å². The molecule has 0 spiro atoms. The third-order valence-electron chi connectivity index (χ3n) is 6.49. The lowest BCUT2D eigenvalue weighted by Gasteiger charge is -2.39. The molecule has 3 heterocycles. The first-order valence-electron chi connectivity index (χ1n) is 11.8. The van der Waals surface area contributed by atoms with E-state index in [1.54, 1.807) is 18.5 Å². The molecule has 2 aromatic heterocycles. The molecular formula is C25H34N6O2. The lowest BCUT2D eigenvalue weighted by Crippen LogP contribution is -2.48. The Hall–Kier alpha value is -3.13. The first-order valence-corrected chi connectivity index (χ1v) is 11.8. The summed E-state index contributed by atoms with van der Waals surface area (Å²) in [7, 11) is 3.70. The van der Waals surface area contributed by atoms with Crippen LogP contribution in [0.3, 0.4) is 0 Å². The zero-order valence-corrected chi connectivity index (χ0v) is 19.5. The Morgan fingerprint density at radius 1 is 1.21 bits per heavy atom. The van der Waals surface area contributed by atoms with Crippen LogP contribution in [-0.2, 0) is 4.79 Å². The lowest BCUT2D eigenvalue weighted by atomic mass is 10.0. The quantitative estimate of drug-likeness (QED) is 0.508. The molecule has 2 aliphatic rings. The van der Waals surface area contributed by atoms with Crippen LogP contribution in [0.4, 0.5) is 11.5 Å². The van der Waals surface area contributed by atoms with Crippen LogP contribution in [0, 0.1) is 5.92 Å². The summed E-state index contributed by atoms with van der Waals surface area (Å²) in [5.74, 6) is 1.50. The minimum Gasteiger partial charge on any atom is -0.373 e. The molecule has 0 unspecified atom stereocenters. The molecule has 0 atom stereocenters. The van der Waals surface area contributed by atoms with Crippen LogP contribution >= 0.6 is 0 Å². The molecule has 1 amide bonds. The van der Waals surface area contributed by atoms with E-state index in [2.05, 4.69) is 25.5 Å². The van der Waals surface area contributed by atoms with Crippen molar-refractivity contribution >= 4 is 17.4 Å². The van der Waals surface area contributed by atoms with Crippen molar-refractivity contribution in [2.24, 2.45) is 5.92 Å². The molecule has 33 heavy (non-hydrogen) atoms. The van der Waals surface area contributed by atoms with Crippen molar-refractivity contribution in [2.45, 2.75) is 31.7 Å². The molecule has 2 fully saturated rings. The number of nitrogens with zero attached hydrogens (tertiary/aromatic N) is 3. The highest BCUT2D eigenvalue weighted by atomic mass is 16.2. The van der Waals surface area contributed by atoms with Crippen molar-refractivity contribution < 1.29 is 4.79 Å². The van der Waals surface area contributed by atoms with Gasteiger partial charge in [0.2, 0.25) is 5.91 Å². The highest BCUT2D eigenvalue weighted by Crippen LogP contribution is 2.34. The second-order valence-electron chi connectivity index (χ2n) is 8.89. The van der Waals surface area contributed by atoms with E-state index in [0.29, 0.717) is 25.6 Å². The molecule has 3 N–H and O–H groups in total. The second-order valence-corrected chi connectivity index (χ2v) is 8.89. The number of aromatic amines is 1. The van der Waals surface area contributed by atoms with Gasteiger partial charge in [0.1, 0.15) is 11.5 Å². The topological polar surface area (TPSA) is 93.4 Å². The number of H-pyrrole nitrogens is 1. The van der Waals surface area contributed by atoms with E-state index in [-0.39, 0.29) is 17.5 Å². The number of nitrogens with one attached hydrogen (secondary N) is 3. The number of likely N-dealkylation sites (N-methyl/N-ethyl adjacent to an activating group) is 1. The molecule has 176 valence electrons. The van der Waals surface area contributed by atoms with Gasteiger partial charge in [-0.25, -0.2) is 4.98 Å². The zero-order valence-electron chi connectivity index (χ0n) is 19.5. The number of piperidine rings is 1. The third-order valence-corrected chi connectivity index (χ3v) is 6.49. The van der Waals surface area contributed by atoms with Gasteiger partial charge in [-0.1, -0.05) is 6.08 Å². The largest absolute Gasteiger partial charge is 0.373 e. The van der Waals surface area contributed by atoms with Crippen LogP contribution in [-0.4, -0.2) is 67.1 Å². The average molecular weight is 451 g/mol. The number of pyridine rings is 2. The van der Waals surface area contributed by atoms with Gasteiger partial charge in [0.15, 0.2) is 0 Å². The van der Waals surface area contributed by atoms with Gasteiger partial charge in [0, 0.05) is 63.3 Å². The Balaban J connectivity index is 1.53. The molecule has 1 aliphatic carbocycles. The molecule has 1 aliphatic heterocycles. The maximum atomic E-state index is 12.9. The molecule has 0 bridgehead atoms. The fourth-order valence-corrected chi connectivity index (χ4v) is 4.40. The van der Waals surface area contributed by atoms with Crippen molar-refractivity contribution in [3.05, 3.63) is 53.1 Å². The molecule has 1 saturated heterocycles. The Labute approximate surface area is 195 Å². The van der Waals surface area contributed by atoms with Crippen LogP contribution in [0.2, 0.25) is 0 Å². The monoisotopic (exact) mass is 450 g/mol. The van der Waals surface area contributed by atoms with E-state index in [0.717, 1.165) is 42.0 Å². The van der Waals surface area contributed by atoms with Crippen LogP contribution < -0.4 is 21.1 Å². The standard InChI is InChI=1S/C25H34N6O2/c1-26-10-3-4-24(32)30-12-8-21(9-13-30)31(17-18-5-6-18)22-14-20(16-29-25(22)33)19-7-11-28-23(15-19)27-2/h3-4,7,11,14-16,18,21,26H,5-6,8-10,12-13,17H2,1-2H3,(H,27,28)(H,29,33)/b4-3+. The predicted octanol–water partition coefficient (Wildman–Crippen LogP) is 2.46. The van der Waals surface area contributed by atoms with Crippen molar-refractivity contribution in [2.75, 3.05) is 50.5 Å². The normalized spacial score (nSPS) is 16.8. The second kappa shape index (κ2) is 10.7. The van der Waals surface area contributed by atoms with Crippen molar-refractivity contribution in [1.82, 2.24) is 20.2 Å². The summed E-state index contributed by atoms with van der Waals surface area (Å²) in [6.45, 7) is 3.00. The Morgan fingerprint density at radius 3 is 2.70 bits per heavy atom. The van der Waals surface area contributed by atoms with Gasteiger partial charge in [0.25, 0.3) is 5.56 Å². The zero-order chi connectivity index (χ0) is 23.2. The van der Waals surface area contributed by atoms with Gasteiger partial charge in [-0.05, 0) is 62.4 Å². The van der Waals surface area contributed by atoms with E-state index in [1.165, 1.54) is 12.8 Å². The summed E-state index contributed by atoms with van der Waals surface area (Å²) in [6, 6.07) is 6.19. The van der Waals surface area contributed by atoms with E-state index < -0.39 is 0 Å². The highest BCUT2D eigenvalue weighted by molar-refractivity contribution is 5.87. The van der Waals surface area contributed by atoms with Crippen molar-refractivity contribution in [1.29, 1.82) is 0 Å². The first-order chi connectivity index (χ1) is 16.1. The number of hydrogen-bond acceptors (Lipinski definition) is 6. The number of likely N-dealkylation sites (tertiary alicyclic amines) is 1. The van der Waals surface area contributed by atoms with E-state index >= 15 is 0 Å². The molecule has 0 aromatic carbocycles. The SMILES string of the molecule is CNC/C=C/C(=O)N1CCC(N(CC2CC2)c2cc(-c3ccnc(NC)c3)c[nH]c2=O)CC1. The van der Waals surface area contributed by atoms with Gasteiger partial charge in [-0.15, -0.1) is 0 Å². The van der Waals surface area contributed by atoms with Crippen molar-refractivity contribution in [3.8, 4) is 11.1 Å². The van der Waals surface area contributed by atoms with Gasteiger partial charge < -0.3 is 25.4 Å². The maximum absolute atomic E-state index is 12.9. The number of carbonyl (C=O) groups excluding carboxylic acids is 1. The number of amides is 1. The predicted molar refractivity (Wildman–Crippen MR) is 133 cm³/mol. The number of hydrogen-bond donors (Lipinski definition) is 3. The molecule has 1 saturated carbocycles. The van der Waals surface area contributed by atoms with Gasteiger partial charge >= 0.3 is 0 Å². The van der Waals surface area contributed by atoms with Crippen LogP contribution in [0.25, 0.3) is 11.1 Å². The summed E-state index contributed by atoms with van der Waals surface area (Å²) in [5.41, 5.74) is 2.63. The van der Waals surface area contributed by atoms with Gasteiger partial charge in [0.05, 0.1) is 0 Å². The van der Waals surface area contributed by atoms with E-state index in [9.17, 15) is 9.59 Å². The summed E-state index contributed by atoms with van der Waals surface area (Å²) >= 11 is 0. The summed E-state index contributed by atoms with van der Waals surface area (Å²) in [6.07, 6.45) is 11.2. The fraction of sp³-hybridized carbons (Fsp3) is 0.480. The Bertz CT molecular complexity index is 1040. The molecule has 8 heteroatoms. The third kappa shape index (κ3) is 5.82. The average Bonchev–Trinajstić information content (AvgIpc) is 3.67. The molecule has 4 rings (SSSR count). The first kappa shape index (κ1) is 23.0. The van der Waals surface area contributed by atoms with E-state index in [1.807, 2.05) is 43.3 Å². The van der Waals surface area contributed by atoms with Crippen LogP contribution in [0.15, 0.2) is 47.5 Å². The minimum atomic E-state index is -0.0594. The Morgan fingerprint density at radius 2 is 2.00 bits per heavy atom. The lowest BCUT2D eigenvalue weighted by molar-refractivity contribution is -0.127. The van der Waals surface area contributed by atoms with Gasteiger partial charge in [-0.3, -0.25) is 9.59 Å². The molecule has 0 radical (unpaired) electrons. The van der Waals surface area contributed by atoms with Crippen LogP contribution in [0.5, 0.6) is 0 Å². The summed E-state index contributed by atoms with van der Waals surface area (Å²) in [4.78, 5) is 36.8. The number of carbonyl (C=O) groups is 1.